The number of nitrogens with zero attached hydrogens (tertiary/aromatic N) is 1. The maximum atomic E-state index is 13.3. The van der Waals surface area contributed by atoms with Gasteiger partial charge in [0.1, 0.15) is 5.82 Å². The zero-order chi connectivity index (χ0) is 17.7. The number of amides is 2. The SMILES string of the molecule is NC(=O)CN1CCCC(C(=O)NC(C(=O)O)c2cccc(F)c2)C1. The Morgan fingerprint density at radius 1 is 1.42 bits per heavy atom. The van der Waals surface area contributed by atoms with Crippen LogP contribution in [0.4, 0.5) is 4.39 Å². The van der Waals surface area contributed by atoms with Gasteiger partial charge in [0.15, 0.2) is 6.04 Å². The van der Waals surface area contributed by atoms with E-state index >= 15 is 0 Å². The van der Waals surface area contributed by atoms with E-state index in [1.807, 2.05) is 0 Å². The van der Waals surface area contributed by atoms with E-state index in [-0.39, 0.29) is 12.1 Å². The van der Waals surface area contributed by atoms with Crippen molar-refractivity contribution in [2.24, 2.45) is 11.7 Å². The molecule has 1 fully saturated rings. The first kappa shape index (κ1) is 17.9. The molecule has 1 saturated heterocycles. The monoisotopic (exact) mass is 337 g/mol. The minimum absolute atomic E-state index is 0.0655. The van der Waals surface area contributed by atoms with Crippen molar-refractivity contribution in [3.8, 4) is 0 Å². The fourth-order valence-electron chi connectivity index (χ4n) is 2.87. The topological polar surface area (TPSA) is 113 Å². The third-order valence-electron chi connectivity index (χ3n) is 3.97. The van der Waals surface area contributed by atoms with Crippen LogP contribution >= 0.6 is 0 Å². The molecular formula is C16H20FN3O4. The standard InChI is InChI=1S/C16H20FN3O4/c17-12-5-1-3-10(7-12)14(16(23)24)19-15(22)11-4-2-6-20(8-11)9-13(18)21/h1,3,5,7,11,14H,2,4,6,8-9H2,(H2,18,21)(H,19,22)(H,23,24). The highest BCUT2D eigenvalue weighted by molar-refractivity contribution is 5.86. The Labute approximate surface area is 138 Å². The Hall–Kier alpha value is -2.48. The average molecular weight is 337 g/mol. The number of carboxylic acid groups (broad SMARTS) is 1. The van der Waals surface area contributed by atoms with Gasteiger partial charge in [0.05, 0.1) is 12.5 Å². The number of carbonyl (C=O) groups is 3. The number of aliphatic carboxylic acids is 1. The molecule has 1 aromatic rings. The lowest BCUT2D eigenvalue weighted by molar-refractivity contribution is -0.143. The van der Waals surface area contributed by atoms with E-state index in [1.54, 1.807) is 4.90 Å². The van der Waals surface area contributed by atoms with E-state index in [4.69, 9.17) is 5.73 Å². The second-order valence-electron chi connectivity index (χ2n) is 5.88. The van der Waals surface area contributed by atoms with Crippen LogP contribution in [0.15, 0.2) is 24.3 Å². The predicted octanol–water partition coefficient (Wildman–Crippen LogP) is 0.265. The van der Waals surface area contributed by atoms with Gasteiger partial charge in [0.25, 0.3) is 0 Å². The summed E-state index contributed by atoms with van der Waals surface area (Å²) >= 11 is 0. The van der Waals surface area contributed by atoms with Gasteiger partial charge in [-0.25, -0.2) is 9.18 Å². The summed E-state index contributed by atoms with van der Waals surface area (Å²) in [5, 5.41) is 11.8. The molecule has 4 N–H and O–H groups in total. The number of nitrogens with two attached hydrogens (primary N) is 1. The molecule has 1 heterocycles. The first-order valence-corrected chi connectivity index (χ1v) is 7.66. The lowest BCUT2D eigenvalue weighted by atomic mass is 9.96. The highest BCUT2D eigenvalue weighted by Gasteiger charge is 2.30. The van der Waals surface area contributed by atoms with Crippen molar-refractivity contribution in [1.29, 1.82) is 0 Å². The largest absolute Gasteiger partial charge is 0.479 e. The fourth-order valence-corrected chi connectivity index (χ4v) is 2.87. The molecular weight excluding hydrogens is 317 g/mol. The van der Waals surface area contributed by atoms with Gasteiger partial charge in [-0.3, -0.25) is 14.5 Å². The number of rotatable bonds is 6. The quantitative estimate of drug-likeness (QED) is 0.689. The van der Waals surface area contributed by atoms with Crippen LogP contribution in [0, 0.1) is 11.7 Å². The van der Waals surface area contributed by atoms with Crippen LogP contribution in [-0.2, 0) is 14.4 Å². The molecule has 0 radical (unpaired) electrons. The van der Waals surface area contributed by atoms with Crippen molar-refractivity contribution in [2.45, 2.75) is 18.9 Å². The summed E-state index contributed by atoms with van der Waals surface area (Å²) in [5.41, 5.74) is 5.33. The molecule has 2 unspecified atom stereocenters. The molecule has 1 aliphatic heterocycles. The molecule has 2 amide bonds. The number of carboxylic acids is 1. The summed E-state index contributed by atoms with van der Waals surface area (Å²) in [7, 11) is 0. The van der Waals surface area contributed by atoms with Gasteiger partial charge in [-0.15, -0.1) is 0 Å². The second-order valence-corrected chi connectivity index (χ2v) is 5.88. The normalized spacial score (nSPS) is 19.5. The summed E-state index contributed by atoms with van der Waals surface area (Å²) in [6, 6.07) is 3.80. The Morgan fingerprint density at radius 3 is 2.79 bits per heavy atom. The Kier molecular flexibility index (Phi) is 5.86. The van der Waals surface area contributed by atoms with Crippen molar-refractivity contribution in [3.05, 3.63) is 35.6 Å². The third kappa shape index (κ3) is 4.76. The summed E-state index contributed by atoms with van der Waals surface area (Å²) in [5.74, 6) is -3.18. The first-order valence-electron chi connectivity index (χ1n) is 7.66. The molecule has 130 valence electrons. The third-order valence-corrected chi connectivity index (χ3v) is 3.97. The van der Waals surface area contributed by atoms with Gasteiger partial charge in [-0.05, 0) is 37.1 Å². The molecule has 24 heavy (non-hydrogen) atoms. The number of primary amides is 1. The minimum atomic E-state index is -1.32. The van der Waals surface area contributed by atoms with Crippen LogP contribution in [0.2, 0.25) is 0 Å². The summed E-state index contributed by atoms with van der Waals surface area (Å²) in [6.07, 6.45) is 1.31. The van der Waals surface area contributed by atoms with Crippen LogP contribution in [0.5, 0.6) is 0 Å². The van der Waals surface area contributed by atoms with Crippen LogP contribution in [0.3, 0.4) is 0 Å². The molecule has 0 aromatic heterocycles. The van der Waals surface area contributed by atoms with Crippen molar-refractivity contribution in [1.82, 2.24) is 10.2 Å². The van der Waals surface area contributed by atoms with E-state index in [2.05, 4.69) is 5.32 Å². The number of nitrogens with one attached hydrogen (secondary N) is 1. The number of halogens is 1. The molecule has 0 spiro atoms. The lowest BCUT2D eigenvalue weighted by Gasteiger charge is -2.31. The predicted molar refractivity (Wildman–Crippen MR) is 83.3 cm³/mol. The van der Waals surface area contributed by atoms with Gasteiger partial charge in [-0.2, -0.15) is 0 Å². The average Bonchev–Trinajstić information content (AvgIpc) is 2.51. The molecule has 1 aliphatic rings. The van der Waals surface area contributed by atoms with E-state index in [1.165, 1.54) is 18.2 Å². The maximum absolute atomic E-state index is 13.3. The highest BCUT2D eigenvalue weighted by Crippen LogP contribution is 2.20. The number of benzene rings is 1. The van der Waals surface area contributed by atoms with E-state index in [0.29, 0.717) is 25.9 Å². The number of piperidine rings is 1. The Bertz CT molecular complexity index is 638. The van der Waals surface area contributed by atoms with Crippen molar-refractivity contribution >= 4 is 17.8 Å². The van der Waals surface area contributed by atoms with E-state index in [9.17, 15) is 23.9 Å². The van der Waals surface area contributed by atoms with E-state index in [0.717, 1.165) is 6.07 Å². The summed E-state index contributed by atoms with van der Waals surface area (Å²) in [4.78, 5) is 36.6. The van der Waals surface area contributed by atoms with Gasteiger partial charge in [0.2, 0.25) is 11.8 Å². The number of carbonyl (C=O) groups excluding carboxylic acids is 2. The highest BCUT2D eigenvalue weighted by atomic mass is 19.1. The van der Waals surface area contributed by atoms with Crippen molar-refractivity contribution in [2.75, 3.05) is 19.6 Å². The number of likely N-dealkylation sites (tertiary alicyclic amines) is 1. The van der Waals surface area contributed by atoms with Crippen molar-refractivity contribution < 1.29 is 23.9 Å². The lowest BCUT2D eigenvalue weighted by Crippen LogP contribution is -2.47. The Balaban J connectivity index is 2.05. The van der Waals surface area contributed by atoms with Crippen LogP contribution < -0.4 is 11.1 Å². The fraction of sp³-hybridized carbons (Fsp3) is 0.438. The van der Waals surface area contributed by atoms with Gasteiger partial charge in [0, 0.05) is 6.54 Å². The molecule has 8 heteroatoms. The Morgan fingerprint density at radius 2 is 2.17 bits per heavy atom. The smallest absolute Gasteiger partial charge is 0.330 e. The van der Waals surface area contributed by atoms with Gasteiger partial charge < -0.3 is 16.2 Å². The number of hydrogen-bond acceptors (Lipinski definition) is 4. The van der Waals surface area contributed by atoms with Crippen LogP contribution in [0.1, 0.15) is 24.4 Å². The van der Waals surface area contributed by atoms with E-state index < -0.39 is 35.6 Å². The molecule has 0 aliphatic carbocycles. The minimum Gasteiger partial charge on any atom is -0.479 e. The van der Waals surface area contributed by atoms with Crippen molar-refractivity contribution in [3.63, 3.8) is 0 Å². The molecule has 0 saturated carbocycles. The molecule has 2 rings (SSSR count). The zero-order valence-electron chi connectivity index (χ0n) is 13.1. The van der Waals surface area contributed by atoms with Gasteiger partial charge in [-0.1, -0.05) is 12.1 Å². The van der Waals surface area contributed by atoms with Crippen LogP contribution in [-0.4, -0.2) is 47.4 Å². The second kappa shape index (κ2) is 7.87. The molecule has 0 bridgehead atoms. The zero-order valence-corrected chi connectivity index (χ0v) is 13.1. The van der Waals surface area contributed by atoms with Crippen LogP contribution in [0.25, 0.3) is 0 Å². The molecule has 2 atom stereocenters. The molecule has 1 aromatic carbocycles. The number of hydrogen-bond donors (Lipinski definition) is 3. The summed E-state index contributed by atoms with van der Waals surface area (Å²) in [6.45, 7) is 1.07. The summed E-state index contributed by atoms with van der Waals surface area (Å²) < 4.78 is 13.3. The first-order chi connectivity index (χ1) is 11.4. The molecule has 7 nitrogen and oxygen atoms in total. The maximum Gasteiger partial charge on any atom is 0.330 e. The van der Waals surface area contributed by atoms with Gasteiger partial charge >= 0.3 is 5.97 Å².